The number of piperidine rings is 1. The Morgan fingerprint density at radius 2 is 1.65 bits per heavy atom. The average molecular weight is 501 g/mol. The first-order valence-electron chi connectivity index (χ1n) is 13.5. The molecule has 37 heavy (non-hydrogen) atoms. The fourth-order valence-electron chi connectivity index (χ4n) is 6.33. The third-order valence-corrected chi connectivity index (χ3v) is 8.54. The van der Waals surface area contributed by atoms with Crippen LogP contribution in [0.1, 0.15) is 61.1 Å². The van der Waals surface area contributed by atoms with Gasteiger partial charge in [0.1, 0.15) is 11.6 Å². The number of nitrogens with zero attached hydrogens (tertiary/aromatic N) is 1. The van der Waals surface area contributed by atoms with Gasteiger partial charge in [-0.25, -0.2) is 4.39 Å². The van der Waals surface area contributed by atoms with E-state index in [1.807, 2.05) is 54.6 Å². The molecule has 0 bridgehead atoms. The van der Waals surface area contributed by atoms with Crippen molar-refractivity contribution >= 4 is 5.91 Å². The average Bonchev–Trinajstić information content (AvgIpc) is 2.97. The van der Waals surface area contributed by atoms with E-state index in [4.69, 9.17) is 4.74 Å². The minimum atomic E-state index is -0.497. The van der Waals surface area contributed by atoms with Crippen LogP contribution in [0.15, 0.2) is 78.9 Å². The maximum Gasteiger partial charge on any atom is 0.230 e. The number of carbonyl (C=O) groups is 1. The van der Waals surface area contributed by atoms with E-state index in [2.05, 4.69) is 22.3 Å². The second-order valence-corrected chi connectivity index (χ2v) is 10.6. The number of carbonyl (C=O) groups excluding carboxylic acids is 1. The first-order chi connectivity index (χ1) is 18.1. The summed E-state index contributed by atoms with van der Waals surface area (Å²) in [7, 11) is 1.66. The molecule has 5 rings (SSSR count). The van der Waals surface area contributed by atoms with Crippen LogP contribution in [0.4, 0.5) is 4.39 Å². The quantitative estimate of drug-likeness (QED) is 0.419. The summed E-state index contributed by atoms with van der Waals surface area (Å²) in [5, 5.41) is 3.25. The zero-order chi connectivity index (χ0) is 25.7. The molecule has 2 aliphatic rings. The molecule has 0 spiro atoms. The zero-order valence-corrected chi connectivity index (χ0v) is 21.7. The first kappa shape index (κ1) is 25.5. The number of hydrogen-bond acceptors (Lipinski definition) is 3. The van der Waals surface area contributed by atoms with E-state index < -0.39 is 5.41 Å². The molecule has 4 nitrogen and oxygen atoms in total. The van der Waals surface area contributed by atoms with E-state index in [9.17, 15) is 9.18 Å². The highest BCUT2D eigenvalue weighted by Gasteiger charge is 2.44. The van der Waals surface area contributed by atoms with Crippen LogP contribution in [0, 0.1) is 5.82 Å². The zero-order valence-electron chi connectivity index (χ0n) is 21.7. The standard InChI is InChI=1S/C32H37FN2O2/c1-37-30-9-5-6-24(22-30)23-34-31(36)32(27-7-3-2-4-8-27)18-14-29(15-19-32)35-20-16-26(17-21-35)25-10-12-28(33)13-11-25/h2-13,22,26,29H,14-21,23H2,1H3,(H,34,36)/t29-,32-. The SMILES string of the molecule is COc1cccc(CNC(=O)[C@]2(c3ccccc3)CC[C@@H](N3CCC(c4ccc(F)cc4)CC3)CC2)c1. The van der Waals surface area contributed by atoms with E-state index in [0.29, 0.717) is 18.5 Å². The second-order valence-electron chi connectivity index (χ2n) is 10.6. The molecular formula is C32H37FN2O2. The van der Waals surface area contributed by atoms with Crippen molar-refractivity contribution < 1.29 is 13.9 Å². The minimum absolute atomic E-state index is 0.120. The molecule has 1 aliphatic carbocycles. The number of benzene rings is 3. The molecule has 2 fully saturated rings. The second kappa shape index (κ2) is 11.5. The van der Waals surface area contributed by atoms with Crippen LogP contribution in [0.2, 0.25) is 0 Å². The van der Waals surface area contributed by atoms with E-state index in [1.165, 1.54) is 5.56 Å². The Morgan fingerprint density at radius 3 is 2.32 bits per heavy atom. The summed E-state index contributed by atoms with van der Waals surface area (Å²) in [6, 6.07) is 25.7. The molecule has 0 unspecified atom stereocenters. The highest BCUT2D eigenvalue weighted by Crippen LogP contribution is 2.42. The molecule has 0 radical (unpaired) electrons. The van der Waals surface area contributed by atoms with Crippen molar-refractivity contribution in [3.8, 4) is 5.75 Å². The number of halogens is 1. The molecule has 5 heteroatoms. The maximum atomic E-state index is 13.8. The fourth-order valence-corrected chi connectivity index (χ4v) is 6.33. The predicted octanol–water partition coefficient (Wildman–Crippen LogP) is 6.21. The summed E-state index contributed by atoms with van der Waals surface area (Å²) in [5.41, 5.74) is 2.91. The molecule has 0 atom stereocenters. The molecule has 1 heterocycles. The Hall–Kier alpha value is -3.18. The number of likely N-dealkylation sites (tertiary alicyclic amines) is 1. The topological polar surface area (TPSA) is 41.6 Å². The number of rotatable bonds is 7. The first-order valence-corrected chi connectivity index (χ1v) is 13.5. The van der Waals surface area contributed by atoms with Gasteiger partial charge in [0.2, 0.25) is 5.91 Å². The summed E-state index contributed by atoms with van der Waals surface area (Å²) in [6.07, 6.45) is 5.94. The maximum absolute atomic E-state index is 13.8. The van der Waals surface area contributed by atoms with Crippen LogP contribution in [-0.4, -0.2) is 37.0 Å². The lowest BCUT2D eigenvalue weighted by molar-refractivity contribution is -0.128. The number of methoxy groups -OCH3 is 1. The van der Waals surface area contributed by atoms with Crippen molar-refractivity contribution in [2.75, 3.05) is 20.2 Å². The van der Waals surface area contributed by atoms with Gasteiger partial charge in [-0.2, -0.15) is 0 Å². The summed E-state index contributed by atoms with van der Waals surface area (Å²) in [4.78, 5) is 16.4. The van der Waals surface area contributed by atoms with E-state index in [-0.39, 0.29) is 11.7 Å². The summed E-state index contributed by atoms with van der Waals surface area (Å²) >= 11 is 0. The fraction of sp³-hybridized carbons (Fsp3) is 0.406. The Balaban J connectivity index is 1.23. The normalized spacial score (nSPS) is 22.9. The monoisotopic (exact) mass is 500 g/mol. The third-order valence-electron chi connectivity index (χ3n) is 8.54. The molecule has 194 valence electrons. The number of amides is 1. The molecule has 1 saturated carbocycles. The van der Waals surface area contributed by atoms with Crippen molar-refractivity contribution in [2.45, 2.75) is 62.4 Å². The molecule has 1 amide bonds. The van der Waals surface area contributed by atoms with Gasteiger partial charge in [0, 0.05) is 12.6 Å². The van der Waals surface area contributed by atoms with Gasteiger partial charge in [0.05, 0.1) is 12.5 Å². The largest absolute Gasteiger partial charge is 0.497 e. The van der Waals surface area contributed by atoms with Crippen molar-refractivity contribution in [3.63, 3.8) is 0 Å². The van der Waals surface area contributed by atoms with E-state index in [1.54, 1.807) is 19.2 Å². The third kappa shape index (κ3) is 5.72. The van der Waals surface area contributed by atoms with Gasteiger partial charge in [0.25, 0.3) is 0 Å². The smallest absolute Gasteiger partial charge is 0.230 e. The van der Waals surface area contributed by atoms with Crippen LogP contribution < -0.4 is 10.1 Å². The van der Waals surface area contributed by atoms with Crippen LogP contribution >= 0.6 is 0 Å². The lowest BCUT2D eigenvalue weighted by Gasteiger charge is -2.45. The number of ether oxygens (including phenoxy) is 1. The Labute approximate surface area is 219 Å². The van der Waals surface area contributed by atoms with Gasteiger partial charge in [-0.05, 0) is 98.5 Å². The number of hydrogen-bond donors (Lipinski definition) is 1. The van der Waals surface area contributed by atoms with Gasteiger partial charge in [-0.3, -0.25) is 4.79 Å². The van der Waals surface area contributed by atoms with Gasteiger partial charge < -0.3 is 15.0 Å². The van der Waals surface area contributed by atoms with Gasteiger partial charge >= 0.3 is 0 Å². The van der Waals surface area contributed by atoms with Crippen LogP contribution in [-0.2, 0) is 16.8 Å². The van der Waals surface area contributed by atoms with Gasteiger partial charge in [-0.15, -0.1) is 0 Å². The van der Waals surface area contributed by atoms with Crippen LogP contribution in [0.3, 0.4) is 0 Å². The molecular weight excluding hydrogens is 463 g/mol. The molecule has 3 aromatic carbocycles. The summed E-state index contributed by atoms with van der Waals surface area (Å²) < 4.78 is 18.7. The van der Waals surface area contributed by atoms with Gasteiger partial charge in [-0.1, -0.05) is 54.6 Å². The lowest BCUT2D eigenvalue weighted by atomic mass is 9.67. The van der Waals surface area contributed by atoms with Crippen LogP contribution in [0.25, 0.3) is 0 Å². The Morgan fingerprint density at radius 1 is 0.946 bits per heavy atom. The van der Waals surface area contributed by atoms with Crippen LogP contribution in [0.5, 0.6) is 5.75 Å². The Bertz CT molecular complexity index is 1160. The Kier molecular flexibility index (Phi) is 7.90. The van der Waals surface area contributed by atoms with Gasteiger partial charge in [0.15, 0.2) is 0 Å². The van der Waals surface area contributed by atoms with Crippen molar-refractivity contribution in [2.24, 2.45) is 0 Å². The van der Waals surface area contributed by atoms with Crippen molar-refractivity contribution in [3.05, 3.63) is 101 Å². The van der Waals surface area contributed by atoms with Crippen molar-refractivity contribution in [1.29, 1.82) is 0 Å². The van der Waals surface area contributed by atoms with E-state index >= 15 is 0 Å². The molecule has 0 aromatic heterocycles. The number of nitrogens with one attached hydrogen (secondary N) is 1. The minimum Gasteiger partial charge on any atom is -0.497 e. The highest BCUT2D eigenvalue weighted by atomic mass is 19.1. The van der Waals surface area contributed by atoms with E-state index in [0.717, 1.165) is 68.5 Å². The molecule has 1 N–H and O–H groups in total. The predicted molar refractivity (Wildman–Crippen MR) is 145 cm³/mol. The summed E-state index contributed by atoms with van der Waals surface area (Å²) in [5.74, 6) is 1.26. The highest BCUT2D eigenvalue weighted by molar-refractivity contribution is 5.88. The molecule has 1 aliphatic heterocycles. The lowest BCUT2D eigenvalue weighted by Crippen LogP contribution is -2.51. The molecule has 3 aromatic rings. The summed E-state index contributed by atoms with van der Waals surface area (Å²) in [6.45, 7) is 2.62. The molecule has 1 saturated heterocycles. The van der Waals surface area contributed by atoms with Crippen molar-refractivity contribution in [1.82, 2.24) is 10.2 Å².